The molecule has 0 aliphatic carbocycles. The summed E-state index contributed by atoms with van der Waals surface area (Å²) in [6.45, 7) is 4.73. The minimum Gasteiger partial charge on any atom is -0.396 e. The summed E-state index contributed by atoms with van der Waals surface area (Å²) in [4.78, 5) is 2.43. The van der Waals surface area contributed by atoms with Crippen LogP contribution >= 0.6 is 0 Å². The van der Waals surface area contributed by atoms with Crippen LogP contribution in [0.2, 0.25) is 0 Å². The van der Waals surface area contributed by atoms with E-state index >= 15 is 0 Å². The molecular weight excluding hydrogens is 190 g/mol. The Bertz CT molecular complexity index is 174. The molecule has 2 rings (SSSR count). The summed E-state index contributed by atoms with van der Waals surface area (Å²) in [7, 11) is 0. The highest BCUT2D eigenvalue weighted by molar-refractivity contribution is 4.79. The fourth-order valence-corrected chi connectivity index (χ4v) is 2.55. The Hall–Kier alpha value is -0.120. The Labute approximate surface area is 92.4 Å². The Morgan fingerprint density at radius 2 is 2.13 bits per heavy atom. The van der Waals surface area contributed by atoms with Crippen LogP contribution in [0.25, 0.3) is 0 Å². The van der Waals surface area contributed by atoms with E-state index in [1.165, 1.54) is 38.6 Å². The second-order valence-corrected chi connectivity index (χ2v) is 4.94. The Kier molecular flexibility index (Phi) is 4.42. The van der Waals surface area contributed by atoms with Crippen LogP contribution in [-0.4, -0.2) is 49.0 Å². The predicted octanol–water partition coefficient (Wildman–Crippen LogP) is 1.26. The van der Waals surface area contributed by atoms with Gasteiger partial charge < -0.3 is 14.7 Å². The Morgan fingerprint density at radius 3 is 2.80 bits per heavy atom. The van der Waals surface area contributed by atoms with Gasteiger partial charge in [-0.2, -0.15) is 0 Å². The molecule has 0 aromatic rings. The molecule has 2 fully saturated rings. The SMILES string of the molecule is OCC1CN(CCCC2CCCCO2)C1. The van der Waals surface area contributed by atoms with E-state index in [1.807, 2.05) is 0 Å². The van der Waals surface area contributed by atoms with E-state index in [2.05, 4.69) is 4.90 Å². The molecule has 1 N–H and O–H groups in total. The minimum atomic E-state index is 0.363. The maximum Gasteiger partial charge on any atom is 0.0575 e. The van der Waals surface area contributed by atoms with Crippen LogP contribution in [0.3, 0.4) is 0 Å². The van der Waals surface area contributed by atoms with Crippen LogP contribution in [0.15, 0.2) is 0 Å². The molecule has 2 heterocycles. The number of rotatable bonds is 5. The molecule has 0 aromatic carbocycles. The molecule has 1 unspecified atom stereocenters. The normalized spacial score (nSPS) is 29.0. The summed E-state index contributed by atoms with van der Waals surface area (Å²) < 4.78 is 5.70. The van der Waals surface area contributed by atoms with E-state index < -0.39 is 0 Å². The van der Waals surface area contributed by atoms with Crippen molar-refractivity contribution in [3.63, 3.8) is 0 Å². The van der Waals surface area contributed by atoms with E-state index in [9.17, 15) is 0 Å². The zero-order chi connectivity index (χ0) is 10.5. The lowest BCUT2D eigenvalue weighted by Crippen LogP contribution is -2.48. The lowest BCUT2D eigenvalue weighted by atomic mass is 10.00. The molecule has 0 spiro atoms. The van der Waals surface area contributed by atoms with Gasteiger partial charge >= 0.3 is 0 Å². The van der Waals surface area contributed by atoms with Gasteiger partial charge in [0.2, 0.25) is 0 Å². The number of ether oxygens (including phenoxy) is 1. The van der Waals surface area contributed by atoms with Crippen molar-refractivity contribution in [2.45, 2.75) is 38.2 Å². The molecule has 0 saturated carbocycles. The van der Waals surface area contributed by atoms with Crippen LogP contribution in [-0.2, 0) is 4.74 Å². The van der Waals surface area contributed by atoms with Crippen molar-refractivity contribution in [1.29, 1.82) is 0 Å². The van der Waals surface area contributed by atoms with Gasteiger partial charge in [-0.25, -0.2) is 0 Å². The molecule has 2 aliphatic rings. The van der Waals surface area contributed by atoms with Crippen LogP contribution < -0.4 is 0 Å². The van der Waals surface area contributed by atoms with Gasteiger partial charge in [-0.3, -0.25) is 0 Å². The van der Waals surface area contributed by atoms with Gasteiger partial charge in [-0.05, 0) is 38.6 Å². The van der Waals surface area contributed by atoms with Crippen LogP contribution in [0, 0.1) is 5.92 Å². The van der Waals surface area contributed by atoms with Gasteiger partial charge in [0.15, 0.2) is 0 Å². The fourth-order valence-electron chi connectivity index (χ4n) is 2.55. The molecule has 0 aromatic heterocycles. The quantitative estimate of drug-likeness (QED) is 0.746. The number of hydrogen-bond donors (Lipinski definition) is 1. The average Bonchev–Trinajstić information content (AvgIpc) is 2.23. The monoisotopic (exact) mass is 213 g/mol. The third-order valence-electron chi connectivity index (χ3n) is 3.57. The van der Waals surface area contributed by atoms with Crippen LogP contribution in [0.1, 0.15) is 32.1 Å². The molecule has 3 heteroatoms. The summed E-state index contributed by atoms with van der Waals surface area (Å²) in [5, 5.41) is 8.89. The second-order valence-electron chi connectivity index (χ2n) is 4.94. The van der Waals surface area contributed by atoms with Crippen molar-refractivity contribution < 1.29 is 9.84 Å². The van der Waals surface area contributed by atoms with Crippen molar-refractivity contribution in [3.8, 4) is 0 Å². The van der Waals surface area contributed by atoms with Gasteiger partial charge in [-0.1, -0.05) is 0 Å². The van der Waals surface area contributed by atoms with Crippen LogP contribution in [0.5, 0.6) is 0 Å². The number of likely N-dealkylation sites (tertiary alicyclic amines) is 1. The van der Waals surface area contributed by atoms with E-state index in [4.69, 9.17) is 9.84 Å². The standard InChI is InChI=1S/C12H23NO2/c14-10-11-8-13(9-11)6-3-5-12-4-1-2-7-15-12/h11-12,14H,1-10H2. The van der Waals surface area contributed by atoms with Crippen LogP contribution in [0.4, 0.5) is 0 Å². The highest BCUT2D eigenvalue weighted by Gasteiger charge is 2.25. The maximum absolute atomic E-state index is 8.89. The summed E-state index contributed by atoms with van der Waals surface area (Å²) >= 11 is 0. The fraction of sp³-hybridized carbons (Fsp3) is 1.00. The van der Waals surface area contributed by atoms with Crippen molar-refractivity contribution in [2.75, 3.05) is 32.8 Å². The van der Waals surface area contributed by atoms with E-state index in [1.54, 1.807) is 0 Å². The van der Waals surface area contributed by atoms with E-state index in [0.717, 1.165) is 19.7 Å². The Balaban J connectivity index is 1.48. The number of aliphatic hydroxyl groups excluding tert-OH is 1. The average molecular weight is 213 g/mol. The zero-order valence-electron chi connectivity index (χ0n) is 9.53. The molecule has 0 radical (unpaired) electrons. The summed E-state index contributed by atoms with van der Waals surface area (Å²) in [6, 6.07) is 0. The van der Waals surface area contributed by atoms with Crippen molar-refractivity contribution in [2.24, 2.45) is 5.92 Å². The molecule has 15 heavy (non-hydrogen) atoms. The van der Waals surface area contributed by atoms with Gasteiger partial charge in [0.25, 0.3) is 0 Å². The van der Waals surface area contributed by atoms with E-state index in [0.29, 0.717) is 18.6 Å². The summed E-state index contributed by atoms with van der Waals surface area (Å²) in [5.41, 5.74) is 0. The summed E-state index contributed by atoms with van der Waals surface area (Å²) in [6.07, 6.45) is 6.87. The molecule has 0 bridgehead atoms. The first kappa shape index (κ1) is 11.4. The smallest absolute Gasteiger partial charge is 0.0575 e. The van der Waals surface area contributed by atoms with Gasteiger partial charge in [-0.15, -0.1) is 0 Å². The molecule has 0 amide bonds. The largest absolute Gasteiger partial charge is 0.396 e. The number of nitrogens with zero attached hydrogens (tertiary/aromatic N) is 1. The van der Waals surface area contributed by atoms with Gasteiger partial charge in [0, 0.05) is 32.2 Å². The van der Waals surface area contributed by atoms with Crippen molar-refractivity contribution >= 4 is 0 Å². The first-order chi connectivity index (χ1) is 7.38. The third-order valence-corrected chi connectivity index (χ3v) is 3.57. The van der Waals surface area contributed by atoms with Crippen molar-refractivity contribution in [3.05, 3.63) is 0 Å². The zero-order valence-corrected chi connectivity index (χ0v) is 9.53. The lowest BCUT2D eigenvalue weighted by Gasteiger charge is -2.38. The predicted molar refractivity (Wildman–Crippen MR) is 59.8 cm³/mol. The van der Waals surface area contributed by atoms with E-state index in [-0.39, 0.29) is 0 Å². The highest BCUT2D eigenvalue weighted by Crippen LogP contribution is 2.19. The third kappa shape index (κ3) is 3.44. The van der Waals surface area contributed by atoms with Gasteiger partial charge in [0.05, 0.1) is 6.10 Å². The summed E-state index contributed by atoms with van der Waals surface area (Å²) in [5.74, 6) is 0.552. The first-order valence-corrected chi connectivity index (χ1v) is 6.33. The maximum atomic E-state index is 8.89. The number of aliphatic hydroxyl groups is 1. The molecule has 2 aliphatic heterocycles. The first-order valence-electron chi connectivity index (χ1n) is 6.33. The molecule has 2 saturated heterocycles. The second kappa shape index (κ2) is 5.83. The molecule has 3 nitrogen and oxygen atoms in total. The molecule has 1 atom stereocenters. The molecular formula is C12H23NO2. The van der Waals surface area contributed by atoms with Gasteiger partial charge in [0.1, 0.15) is 0 Å². The minimum absolute atomic E-state index is 0.363. The lowest BCUT2D eigenvalue weighted by molar-refractivity contribution is 0.00339. The Morgan fingerprint density at radius 1 is 1.27 bits per heavy atom. The van der Waals surface area contributed by atoms with Crippen molar-refractivity contribution in [1.82, 2.24) is 4.90 Å². The number of hydrogen-bond acceptors (Lipinski definition) is 3. The topological polar surface area (TPSA) is 32.7 Å². The highest BCUT2D eigenvalue weighted by atomic mass is 16.5. The molecule has 88 valence electrons.